The number of benzene rings is 1. The third-order valence-corrected chi connectivity index (χ3v) is 2.53. The molecular formula is C12H12N6O3. The normalized spacial score (nSPS) is 11.2. The van der Waals surface area contributed by atoms with Gasteiger partial charge in [-0.15, -0.1) is 0 Å². The first kappa shape index (κ1) is 14.3. The van der Waals surface area contributed by atoms with E-state index in [4.69, 9.17) is 0 Å². The fourth-order valence-electron chi connectivity index (χ4n) is 1.52. The van der Waals surface area contributed by atoms with Gasteiger partial charge in [0.05, 0.1) is 5.71 Å². The first-order valence-electron chi connectivity index (χ1n) is 5.98. The van der Waals surface area contributed by atoms with Crippen molar-refractivity contribution in [3.63, 3.8) is 0 Å². The molecule has 0 fully saturated rings. The molecule has 0 spiro atoms. The van der Waals surface area contributed by atoms with Gasteiger partial charge in [-0.3, -0.25) is 4.79 Å². The van der Waals surface area contributed by atoms with E-state index in [1.807, 2.05) is 30.3 Å². The van der Waals surface area contributed by atoms with Crippen LogP contribution < -0.4 is 5.43 Å². The fraction of sp³-hybridized carbons (Fsp3) is 0.167. The largest absolute Gasteiger partial charge is 0.490 e. The summed E-state index contributed by atoms with van der Waals surface area (Å²) < 4.78 is 1.07. The van der Waals surface area contributed by atoms with Crippen molar-refractivity contribution in [3.05, 3.63) is 52.3 Å². The van der Waals surface area contributed by atoms with Crippen molar-refractivity contribution in [1.82, 2.24) is 20.2 Å². The molecule has 0 aliphatic carbocycles. The highest BCUT2D eigenvalue weighted by atomic mass is 16.6. The van der Waals surface area contributed by atoms with Crippen LogP contribution in [0.5, 0.6) is 0 Å². The summed E-state index contributed by atoms with van der Waals surface area (Å²) in [5.41, 5.74) is 3.89. The molecule has 1 amide bonds. The first-order valence-corrected chi connectivity index (χ1v) is 5.98. The molecule has 1 aromatic heterocycles. The van der Waals surface area contributed by atoms with Gasteiger partial charge in [0, 0.05) is 5.10 Å². The second-order valence-corrected chi connectivity index (χ2v) is 4.10. The van der Waals surface area contributed by atoms with Crippen LogP contribution in [0.25, 0.3) is 0 Å². The average molecular weight is 288 g/mol. The minimum absolute atomic E-state index is 0.202. The summed E-state index contributed by atoms with van der Waals surface area (Å²) in [5.74, 6) is -1.00. The highest BCUT2D eigenvalue weighted by Gasteiger charge is 2.14. The first-order chi connectivity index (χ1) is 10.1. The second kappa shape index (κ2) is 6.37. The Morgan fingerprint density at radius 1 is 1.43 bits per heavy atom. The van der Waals surface area contributed by atoms with Gasteiger partial charge in [-0.25, -0.2) is 5.43 Å². The molecule has 2 rings (SSSR count). The summed E-state index contributed by atoms with van der Waals surface area (Å²) in [4.78, 5) is 24.8. The smallest absolute Gasteiger partial charge is 0.390 e. The van der Waals surface area contributed by atoms with Crippen molar-refractivity contribution in [2.24, 2.45) is 5.10 Å². The lowest BCUT2D eigenvalue weighted by molar-refractivity contribution is -0.394. The Labute approximate surface area is 119 Å². The molecule has 9 nitrogen and oxygen atoms in total. The second-order valence-electron chi connectivity index (χ2n) is 4.10. The Balaban J connectivity index is 1.94. The van der Waals surface area contributed by atoms with E-state index in [-0.39, 0.29) is 6.54 Å². The van der Waals surface area contributed by atoms with E-state index < -0.39 is 16.8 Å². The van der Waals surface area contributed by atoms with Gasteiger partial charge >= 0.3 is 5.95 Å². The van der Waals surface area contributed by atoms with Crippen LogP contribution in [0.3, 0.4) is 0 Å². The van der Waals surface area contributed by atoms with Crippen molar-refractivity contribution in [2.45, 2.75) is 13.5 Å². The van der Waals surface area contributed by atoms with E-state index in [9.17, 15) is 14.9 Å². The van der Waals surface area contributed by atoms with Gasteiger partial charge < -0.3 is 10.1 Å². The number of hydrogen-bond donors (Lipinski definition) is 1. The quantitative estimate of drug-likeness (QED) is 0.494. The molecule has 0 radical (unpaired) electrons. The minimum atomic E-state index is -0.730. The standard InChI is InChI=1S/C12H12N6O3/c1-9(10-5-3-2-4-6-10)14-15-11(19)7-17-8-13-12(16-17)18(20)21/h2-6,8H,7H2,1H3,(H,15,19). The SMILES string of the molecule is CC(=NNC(=O)Cn1cnc([N+](=O)[O-])n1)c1ccccc1. The lowest BCUT2D eigenvalue weighted by Gasteiger charge is -2.01. The lowest BCUT2D eigenvalue weighted by atomic mass is 10.1. The van der Waals surface area contributed by atoms with E-state index in [1.165, 1.54) is 0 Å². The zero-order valence-corrected chi connectivity index (χ0v) is 11.1. The van der Waals surface area contributed by atoms with Gasteiger partial charge in [-0.05, 0) is 17.4 Å². The summed E-state index contributed by atoms with van der Waals surface area (Å²) in [6.07, 6.45) is 1.12. The molecule has 0 saturated carbocycles. The summed E-state index contributed by atoms with van der Waals surface area (Å²) >= 11 is 0. The average Bonchev–Trinajstić information content (AvgIpc) is 2.94. The van der Waals surface area contributed by atoms with Gasteiger partial charge in [0.25, 0.3) is 5.91 Å². The van der Waals surface area contributed by atoms with Gasteiger partial charge in [0.1, 0.15) is 6.54 Å². The molecule has 0 atom stereocenters. The Bertz CT molecular complexity index is 679. The van der Waals surface area contributed by atoms with Crippen molar-refractivity contribution < 1.29 is 9.72 Å². The number of carbonyl (C=O) groups is 1. The number of nitrogens with one attached hydrogen (secondary N) is 1. The topological polar surface area (TPSA) is 115 Å². The molecule has 1 aromatic carbocycles. The Kier molecular flexibility index (Phi) is 4.34. The third-order valence-electron chi connectivity index (χ3n) is 2.53. The number of amides is 1. The van der Waals surface area contributed by atoms with Crippen molar-refractivity contribution in [1.29, 1.82) is 0 Å². The maximum atomic E-state index is 11.7. The number of rotatable bonds is 5. The maximum absolute atomic E-state index is 11.7. The van der Waals surface area contributed by atoms with Crippen LogP contribution in [0.1, 0.15) is 12.5 Å². The van der Waals surface area contributed by atoms with Crippen molar-refractivity contribution >= 4 is 17.6 Å². The molecule has 0 aliphatic heterocycles. The minimum Gasteiger partial charge on any atom is -0.390 e. The van der Waals surface area contributed by atoms with Crippen LogP contribution >= 0.6 is 0 Å². The molecule has 1 heterocycles. The Hall–Kier alpha value is -3.10. The van der Waals surface area contributed by atoms with Crippen LogP contribution in [-0.2, 0) is 11.3 Å². The van der Waals surface area contributed by atoms with E-state index in [0.29, 0.717) is 5.71 Å². The molecular weight excluding hydrogens is 276 g/mol. The van der Waals surface area contributed by atoms with Gasteiger partial charge in [-0.1, -0.05) is 35.3 Å². The summed E-state index contributed by atoms with van der Waals surface area (Å²) in [5, 5.41) is 17.9. The van der Waals surface area contributed by atoms with Crippen LogP contribution in [-0.4, -0.2) is 31.3 Å². The van der Waals surface area contributed by atoms with Crippen LogP contribution in [0.15, 0.2) is 41.8 Å². The highest BCUT2D eigenvalue weighted by Crippen LogP contribution is 2.01. The summed E-state index contributed by atoms with van der Waals surface area (Å²) in [7, 11) is 0. The maximum Gasteiger partial charge on any atom is 0.490 e. The van der Waals surface area contributed by atoms with E-state index in [0.717, 1.165) is 16.6 Å². The van der Waals surface area contributed by atoms with Crippen LogP contribution in [0.2, 0.25) is 0 Å². The molecule has 0 aliphatic rings. The van der Waals surface area contributed by atoms with E-state index in [1.54, 1.807) is 6.92 Å². The summed E-state index contributed by atoms with van der Waals surface area (Å²) in [6, 6.07) is 9.35. The summed E-state index contributed by atoms with van der Waals surface area (Å²) in [6.45, 7) is 1.56. The lowest BCUT2D eigenvalue weighted by Crippen LogP contribution is -2.24. The highest BCUT2D eigenvalue weighted by molar-refractivity contribution is 5.99. The Morgan fingerprint density at radius 2 is 2.14 bits per heavy atom. The van der Waals surface area contributed by atoms with Gasteiger partial charge in [0.2, 0.25) is 6.33 Å². The van der Waals surface area contributed by atoms with Crippen LogP contribution in [0.4, 0.5) is 5.95 Å². The van der Waals surface area contributed by atoms with Gasteiger partial charge in [0.15, 0.2) is 0 Å². The van der Waals surface area contributed by atoms with Crippen molar-refractivity contribution in [3.8, 4) is 0 Å². The molecule has 0 bridgehead atoms. The molecule has 9 heteroatoms. The predicted molar refractivity (Wildman–Crippen MR) is 73.5 cm³/mol. The van der Waals surface area contributed by atoms with Gasteiger partial charge in [-0.2, -0.15) is 9.78 Å². The number of nitro groups is 1. The molecule has 0 unspecified atom stereocenters. The number of hydrogen-bond acceptors (Lipinski definition) is 6. The third kappa shape index (κ3) is 3.93. The molecule has 108 valence electrons. The molecule has 1 N–H and O–H groups in total. The zero-order chi connectivity index (χ0) is 15.2. The molecule has 0 saturated heterocycles. The zero-order valence-electron chi connectivity index (χ0n) is 11.1. The number of aromatic nitrogens is 3. The number of nitrogens with zero attached hydrogens (tertiary/aromatic N) is 5. The monoisotopic (exact) mass is 288 g/mol. The molecule has 2 aromatic rings. The molecule has 21 heavy (non-hydrogen) atoms. The number of hydrazone groups is 1. The fourth-order valence-corrected chi connectivity index (χ4v) is 1.52. The van der Waals surface area contributed by atoms with Crippen LogP contribution in [0, 0.1) is 10.1 Å². The van der Waals surface area contributed by atoms with Crippen molar-refractivity contribution in [2.75, 3.05) is 0 Å². The van der Waals surface area contributed by atoms with E-state index >= 15 is 0 Å². The Morgan fingerprint density at radius 3 is 2.76 bits per heavy atom. The van der Waals surface area contributed by atoms with E-state index in [2.05, 4.69) is 20.6 Å². The number of carbonyl (C=O) groups excluding carboxylic acids is 1. The predicted octanol–water partition coefficient (Wildman–Crippen LogP) is 0.727.